The molecule has 2 fully saturated rings. The molecule has 0 radical (unpaired) electrons. The number of nitrogens with two attached hydrogens (primary N) is 1. The first-order valence-electron chi connectivity index (χ1n) is 18.5. The summed E-state index contributed by atoms with van der Waals surface area (Å²) in [5.41, 5.74) is 4.41. The Kier molecular flexibility index (Phi) is 18.8. The summed E-state index contributed by atoms with van der Waals surface area (Å²) in [6, 6.07) is 14.1. The molecule has 11 nitrogen and oxygen atoms in total. The van der Waals surface area contributed by atoms with Crippen molar-refractivity contribution >= 4 is 18.4 Å². The Morgan fingerprint density at radius 2 is 1.16 bits per heavy atom. The van der Waals surface area contributed by atoms with Gasteiger partial charge >= 0.3 is 5.97 Å². The quantitative estimate of drug-likeness (QED) is 0.0663. The fourth-order valence-corrected chi connectivity index (χ4v) is 5.40. The standard InChI is InChI=1S/C23H29F2N3O3.C17H20F2N4O.CH3.ClH.W/c1-5-28-21(23(25)12-13-23)26-20(27-28)17-7-9-18(10-8-17)30-15-16(14-24)6-11-19(29)31-22(2,3)4;1-2-23-16(17(19)7-8-17)21-15(22-23)13-3-5-14(6-4-13)24-11-12(9-18)10-20;;;/h7-10,14H,5-6,11-13,15H2,1-4H3;3-6,9H,2,7-8,10-11,20H2,1H3;1H3;1H;/q;;-1;;/b16-14+;12-9+;;;. The Bertz CT molecular complexity index is 1970. The fraction of sp³-hybridized carbons (Fsp3) is 0.463. The van der Waals surface area contributed by atoms with Crippen LogP contribution in [0.4, 0.5) is 17.6 Å². The second-order valence-corrected chi connectivity index (χ2v) is 14.5. The van der Waals surface area contributed by atoms with Crippen molar-refractivity contribution in [2.24, 2.45) is 5.73 Å². The van der Waals surface area contributed by atoms with E-state index in [9.17, 15) is 22.4 Å². The Labute approximate surface area is 358 Å². The molecule has 2 heterocycles. The number of alkyl halides is 2. The summed E-state index contributed by atoms with van der Waals surface area (Å²) in [4.78, 5) is 20.6. The molecule has 0 aliphatic heterocycles. The number of hydrogen-bond acceptors (Lipinski definition) is 9. The third-order valence-electron chi connectivity index (χ3n) is 8.84. The molecule has 4 aromatic rings. The van der Waals surface area contributed by atoms with Gasteiger partial charge in [0.05, 0.1) is 12.7 Å². The Hall–Kier alpha value is -4.07. The van der Waals surface area contributed by atoms with Gasteiger partial charge in [0, 0.05) is 63.8 Å². The summed E-state index contributed by atoms with van der Waals surface area (Å²) in [5, 5.41) is 8.80. The minimum atomic E-state index is -1.35. The second-order valence-electron chi connectivity index (χ2n) is 14.5. The summed E-state index contributed by atoms with van der Waals surface area (Å²) >= 11 is 0. The van der Waals surface area contributed by atoms with Gasteiger partial charge in [-0.15, -0.1) is 12.4 Å². The molecule has 0 amide bonds. The van der Waals surface area contributed by atoms with Crippen molar-refractivity contribution in [1.82, 2.24) is 29.5 Å². The van der Waals surface area contributed by atoms with Gasteiger partial charge in [-0.2, -0.15) is 10.2 Å². The SMILES string of the molecule is CCn1nc(-c2ccc(OC/C(=C/F)CCC(=O)OC(C)(C)C)cc2)nc1C1(F)CC1.CCn1nc(-c2ccc(OC/C(=C/F)CN)cc2)nc1C1(F)CC1.Cl.[CH3-].[W]. The largest absolute Gasteiger partial charge is 0.489 e. The fourth-order valence-electron chi connectivity index (χ4n) is 5.40. The minimum absolute atomic E-state index is 0. The molecule has 318 valence electrons. The van der Waals surface area contributed by atoms with Gasteiger partial charge < -0.3 is 27.4 Å². The van der Waals surface area contributed by atoms with E-state index >= 15 is 0 Å². The monoisotopic (exact) mass is 1000 g/mol. The maximum absolute atomic E-state index is 14.5. The van der Waals surface area contributed by atoms with Crippen LogP contribution in [-0.4, -0.2) is 60.9 Å². The summed E-state index contributed by atoms with van der Waals surface area (Å²) < 4.78 is 74.0. The van der Waals surface area contributed by atoms with Crippen molar-refractivity contribution in [3.05, 3.63) is 91.4 Å². The number of nitrogens with zero attached hydrogens (tertiary/aromatic N) is 6. The molecule has 2 saturated carbocycles. The van der Waals surface area contributed by atoms with Crippen LogP contribution in [0.3, 0.4) is 0 Å². The van der Waals surface area contributed by atoms with Gasteiger partial charge in [0.2, 0.25) is 0 Å². The number of carbonyl (C=O) groups excluding carboxylic acids is 1. The molecule has 2 aliphatic carbocycles. The molecule has 2 aromatic carbocycles. The number of carbonyl (C=O) groups is 1. The van der Waals surface area contributed by atoms with E-state index in [4.69, 9.17) is 19.9 Å². The van der Waals surface area contributed by atoms with Crippen molar-refractivity contribution < 1.29 is 57.6 Å². The molecule has 0 spiro atoms. The molecular formula is C41H53ClF4N7O4W-. The number of ether oxygens (including phenoxy) is 3. The van der Waals surface area contributed by atoms with E-state index in [-0.39, 0.29) is 79.5 Å². The molecule has 2 aromatic heterocycles. The van der Waals surface area contributed by atoms with Crippen LogP contribution in [0.5, 0.6) is 11.5 Å². The van der Waals surface area contributed by atoms with Crippen LogP contribution >= 0.6 is 12.4 Å². The molecule has 6 rings (SSSR count). The molecule has 2 aliphatic rings. The number of hydrogen-bond donors (Lipinski definition) is 1. The van der Waals surface area contributed by atoms with Gasteiger partial charge in [0.15, 0.2) is 34.6 Å². The van der Waals surface area contributed by atoms with Crippen LogP contribution in [0, 0.1) is 7.43 Å². The molecule has 0 unspecified atom stereocenters. The second kappa shape index (κ2) is 21.8. The van der Waals surface area contributed by atoms with Gasteiger partial charge in [-0.25, -0.2) is 36.9 Å². The maximum atomic E-state index is 14.5. The van der Waals surface area contributed by atoms with E-state index in [2.05, 4.69) is 20.2 Å². The molecule has 17 heteroatoms. The van der Waals surface area contributed by atoms with Crippen LogP contribution in [0.15, 0.2) is 72.3 Å². The van der Waals surface area contributed by atoms with Crippen LogP contribution in [0.2, 0.25) is 0 Å². The van der Waals surface area contributed by atoms with Crippen molar-refractivity contribution in [3.63, 3.8) is 0 Å². The smallest absolute Gasteiger partial charge is 0.306 e. The average Bonchev–Trinajstić information content (AvgIpc) is 3.99. The number of aromatic nitrogens is 6. The van der Waals surface area contributed by atoms with Gasteiger partial charge in [-0.1, -0.05) is 0 Å². The van der Waals surface area contributed by atoms with Crippen molar-refractivity contribution in [1.29, 1.82) is 0 Å². The number of aryl methyl sites for hydroxylation is 2. The Morgan fingerprint density at radius 1 is 0.759 bits per heavy atom. The summed E-state index contributed by atoms with van der Waals surface area (Å²) in [6.45, 7) is 10.5. The normalized spacial score (nSPS) is 15.1. The third kappa shape index (κ3) is 13.5. The number of esters is 1. The molecular weight excluding hydrogens is 950 g/mol. The van der Waals surface area contributed by atoms with Gasteiger partial charge in [-0.05, 0) is 121 Å². The summed E-state index contributed by atoms with van der Waals surface area (Å²) in [5.74, 6) is 2.50. The average molecular weight is 1000 g/mol. The maximum Gasteiger partial charge on any atom is 0.306 e. The zero-order chi connectivity index (χ0) is 39.8. The van der Waals surface area contributed by atoms with Crippen LogP contribution in [0.1, 0.15) is 84.8 Å². The van der Waals surface area contributed by atoms with Gasteiger partial charge in [0.1, 0.15) is 30.3 Å². The van der Waals surface area contributed by atoms with E-state index in [1.54, 1.807) is 78.7 Å². The molecule has 0 atom stereocenters. The van der Waals surface area contributed by atoms with Crippen LogP contribution in [0.25, 0.3) is 22.8 Å². The van der Waals surface area contributed by atoms with Crippen LogP contribution in [-0.2, 0) is 55.0 Å². The van der Waals surface area contributed by atoms with E-state index in [1.807, 2.05) is 13.8 Å². The molecule has 0 bridgehead atoms. The Balaban J connectivity index is 0.000000391. The van der Waals surface area contributed by atoms with E-state index < -0.39 is 16.9 Å². The number of rotatable bonds is 16. The summed E-state index contributed by atoms with van der Waals surface area (Å²) in [6.07, 6.45) is 3.20. The van der Waals surface area contributed by atoms with E-state index in [0.717, 1.165) is 11.1 Å². The zero-order valence-corrected chi connectivity index (χ0v) is 37.5. The first-order valence-corrected chi connectivity index (χ1v) is 18.5. The number of halogens is 5. The van der Waals surface area contributed by atoms with Gasteiger partial charge in [-0.3, -0.25) is 4.79 Å². The van der Waals surface area contributed by atoms with E-state index in [1.165, 1.54) is 0 Å². The van der Waals surface area contributed by atoms with Crippen molar-refractivity contribution in [3.8, 4) is 34.3 Å². The third-order valence-corrected chi connectivity index (χ3v) is 8.84. The predicted octanol–water partition coefficient (Wildman–Crippen LogP) is 9.26. The predicted molar refractivity (Wildman–Crippen MR) is 213 cm³/mol. The molecule has 58 heavy (non-hydrogen) atoms. The Morgan fingerprint density at radius 3 is 1.48 bits per heavy atom. The zero-order valence-electron chi connectivity index (χ0n) is 33.8. The van der Waals surface area contributed by atoms with E-state index in [0.29, 0.717) is 97.4 Å². The first kappa shape index (κ1) is 50.1. The van der Waals surface area contributed by atoms with Crippen LogP contribution < -0.4 is 15.2 Å². The topological polar surface area (TPSA) is 132 Å². The summed E-state index contributed by atoms with van der Waals surface area (Å²) in [7, 11) is 0. The molecule has 0 saturated heterocycles. The minimum Gasteiger partial charge on any atom is -0.489 e. The first-order chi connectivity index (χ1) is 26.2. The van der Waals surface area contributed by atoms with Crippen molar-refractivity contribution in [2.45, 2.75) is 103 Å². The van der Waals surface area contributed by atoms with Crippen molar-refractivity contribution in [2.75, 3.05) is 19.8 Å². The van der Waals surface area contributed by atoms with Gasteiger partial charge in [0.25, 0.3) is 0 Å². The molecule has 2 N–H and O–H groups in total. The number of benzene rings is 2.